The Morgan fingerprint density at radius 2 is 2.00 bits per heavy atom. The number of hydrogen-bond donors (Lipinski definition) is 0. The number of rotatable bonds is 5. The Labute approximate surface area is 120 Å². The summed E-state index contributed by atoms with van der Waals surface area (Å²) in [5.74, 6) is -0.0536. The number of nitrogens with zero attached hydrogens (tertiary/aromatic N) is 2. The second-order valence-corrected chi connectivity index (χ2v) is 5.62. The van der Waals surface area contributed by atoms with E-state index in [1.54, 1.807) is 12.1 Å². The number of likely N-dealkylation sites (N-methyl/N-ethyl adjacent to an activating group) is 1. The fraction of sp³-hybridized carbons (Fsp3) is 0.562. The molecule has 2 rings (SSSR count). The lowest BCUT2D eigenvalue weighted by atomic mass is 10.1. The molecule has 1 aliphatic rings. The number of carbonyl (C=O) groups excluding carboxylic acids is 1. The highest BCUT2D eigenvalue weighted by Crippen LogP contribution is 2.11. The quantitative estimate of drug-likeness (QED) is 0.822. The van der Waals surface area contributed by atoms with Gasteiger partial charge in [0.2, 0.25) is 0 Å². The lowest BCUT2D eigenvalue weighted by Gasteiger charge is -2.38. The Balaban J connectivity index is 1.84. The number of carbonyl (C=O) groups is 1. The van der Waals surface area contributed by atoms with Crippen LogP contribution in [0.25, 0.3) is 0 Å². The lowest BCUT2D eigenvalue weighted by molar-refractivity contribution is -0.120. The Hall–Kier alpha value is -1.26. The number of piperazine rings is 1. The summed E-state index contributed by atoms with van der Waals surface area (Å²) in [6.07, 6.45) is 1.50. The molecule has 20 heavy (non-hydrogen) atoms. The van der Waals surface area contributed by atoms with Gasteiger partial charge in [-0.2, -0.15) is 0 Å². The van der Waals surface area contributed by atoms with E-state index in [4.69, 9.17) is 0 Å². The molecule has 1 unspecified atom stereocenters. The van der Waals surface area contributed by atoms with Gasteiger partial charge in [0.1, 0.15) is 5.82 Å². The van der Waals surface area contributed by atoms with Crippen LogP contribution in [0, 0.1) is 5.82 Å². The van der Waals surface area contributed by atoms with Gasteiger partial charge in [-0.3, -0.25) is 9.69 Å². The molecule has 0 saturated carbocycles. The van der Waals surface area contributed by atoms with Gasteiger partial charge in [-0.1, -0.05) is 19.1 Å². The van der Waals surface area contributed by atoms with Crippen molar-refractivity contribution in [1.29, 1.82) is 0 Å². The number of hydrogen-bond acceptors (Lipinski definition) is 3. The molecule has 1 fully saturated rings. The van der Waals surface area contributed by atoms with E-state index >= 15 is 0 Å². The van der Waals surface area contributed by atoms with Crippen molar-refractivity contribution < 1.29 is 9.18 Å². The maximum absolute atomic E-state index is 12.8. The van der Waals surface area contributed by atoms with Gasteiger partial charge in [-0.05, 0) is 31.2 Å². The highest BCUT2D eigenvalue weighted by molar-refractivity contribution is 5.82. The van der Waals surface area contributed by atoms with Crippen molar-refractivity contribution in [2.75, 3.05) is 33.2 Å². The Morgan fingerprint density at radius 3 is 2.65 bits per heavy atom. The minimum atomic E-state index is -0.258. The second-order valence-electron chi connectivity index (χ2n) is 5.62. The average Bonchev–Trinajstić information content (AvgIpc) is 2.43. The van der Waals surface area contributed by atoms with E-state index in [9.17, 15) is 9.18 Å². The molecule has 0 aromatic heterocycles. The summed E-state index contributed by atoms with van der Waals surface area (Å²) in [6.45, 7) is 5.61. The van der Waals surface area contributed by atoms with Crippen LogP contribution >= 0.6 is 0 Å². The molecule has 1 atom stereocenters. The van der Waals surface area contributed by atoms with Crippen LogP contribution < -0.4 is 0 Å². The smallest absolute Gasteiger partial charge is 0.151 e. The monoisotopic (exact) mass is 278 g/mol. The van der Waals surface area contributed by atoms with Crippen molar-refractivity contribution >= 4 is 5.78 Å². The van der Waals surface area contributed by atoms with E-state index in [0.29, 0.717) is 19.0 Å². The van der Waals surface area contributed by atoms with Crippen molar-refractivity contribution in [3.8, 4) is 0 Å². The summed E-state index contributed by atoms with van der Waals surface area (Å²) < 4.78 is 12.8. The topological polar surface area (TPSA) is 23.6 Å². The zero-order valence-electron chi connectivity index (χ0n) is 12.3. The van der Waals surface area contributed by atoms with Crippen molar-refractivity contribution in [3.05, 3.63) is 35.6 Å². The number of Topliss-reactive ketones (excluding diaryl/α,β-unsaturated/α-hetero) is 1. The van der Waals surface area contributed by atoms with Crippen LogP contribution in [0.15, 0.2) is 24.3 Å². The first-order valence-electron chi connectivity index (χ1n) is 7.27. The summed E-state index contributed by atoms with van der Waals surface area (Å²) >= 11 is 0. The maximum atomic E-state index is 12.8. The SMILES string of the molecule is CCC1CN(CC(=O)Cc2ccc(F)cc2)CCN1C. The van der Waals surface area contributed by atoms with Gasteiger partial charge in [0, 0.05) is 32.1 Å². The maximum Gasteiger partial charge on any atom is 0.151 e. The van der Waals surface area contributed by atoms with Crippen molar-refractivity contribution in [2.24, 2.45) is 0 Å². The van der Waals surface area contributed by atoms with Crippen molar-refractivity contribution in [3.63, 3.8) is 0 Å². The van der Waals surface area contributed by atoms with Crippen LogP contribution in [0.1, 0.15) is 18.9 Å². The summed E-state index contributed by atoms with van der Waals surface area (Å²) in [5, 5.41) is 0. The molecule has 1 heterocycles. The first-order chi connectivity index (χ1) is 9.58. The van der Waals surface area contributed by atoms with E-state index in [2.05, 4.69) is 23.8 Å². The number of ketones is 1. The largest absolute Gasteiger partial charge is 0.301 e. The van der Waals surface area contributed by atoms with Crippen LogP contribution in [0.4, 0.5) is 4.39 Å². The highest BCUT2D eigenvalue weighted by Gasteiger charge is 2.23. The van der Waals surface area contributed by atoms with Crippen LogP contribution in [0.3, 0.4) is 0 Å². The predicted molar refractivity (Wildman–Crippen MR) is 78.3 cm³/mol. The molecule has 1 aliphatic heterocycles. The highest BCUT2D eigenvalue weighted by atomic mass is 19.1. The molecule has 1 aromatic rings. The molecule has 0 spiro atoms. The predicted octanol–water partition coefficient (Wildman–Crippen LogP) is 1.96. The molecule has 0 amide bonds. The molecule has 1 saturated heterocycles. The van der Waals surface area contributed by atoms with Crippen LogP contribution in [0.5, 0.6) is 0 Å². The minimum absolute atomic E-state index is 0.205. The molecule has 1 aromatic carbocycles. The molecular formula is C16H23FN2O. The van der Waals surface area contributed by atoms with Gasteiger partial charge < -0.3 is 4.90 Å². The number of benzene rings is 1. The zero-order valence-corrected chi connectivity index (χ0v) is 12.3. The van der Waals surface area contributed by atoms with E-state index in [1.165, 1.54) is 12.1 Å². The molecule has 3 nitrogen and oxygen atoms in total. The van der Waals surface area contributed by atoms with Gasteiger partial charge in [0.05, 0.1) is 6.54 Å². The fourth-order valence-electron chi connectivity index (χ4n) is 2.73. The average molecular weight is 278 g/mol. The third-order valence-corrected chi connectivity index (χ3v) is 4.05. The molecule has 0 N–H and O–H groups in total. The Morgan fingerprint density at radius 1 is 1.30 bits per heavy atom. The fourth-order valence-corrected chi connectivity index (χ4v) is 2.73. The normalized spacial score (nSPS) is 21.1. The first kappa shape index (κ1) is 15.1. The minimum Gasteiger partial charge on any atom is -0.301 e. The van der Waals surface area contributed by atoms with Crippen molar-refractivity contribution in [2.45, 2.75) is 25.8 Å². The molecule has 0 bridgehead atoms. The third-order valence-electron chi connectivity index (χ3n) is 4.05. The summed E-state index contributed by atoms with van der Waals surface area (Å²) in [4.78, 5) is 16.7. The van der Waals surface area contributed by atoms with Gasteiger partial charge in [-0.25, -0.2) is 4.39 Å². The number of halogens is 1. The van der Waals surface area contributed by atoms with E-state index in [0.717, 1.165) is 31.6 Å². The lowest BCUT2D eigenvalue weighted by Crippen LogP contribution is -2.52. The van der Waals surface area contributed by atoms with Gasteiger partial charge in [0.25, 0.3) is 0 Å². The Kier molecular flexibility index (Phi) is 5.26. The summed E-state index contributed by atoms with van der Waals surface area (Å²) in [7, 11) is 2.14. The van der Waals surface area contributed by atoms with Gasteiger partial charge in [-0.15, -0.1) is 0 Å². The first-order valence-corrected chi connectivity index (χ1v) is 7.27. The van der Waals surface area contributed by atoms with Crippen LogP contribution in [0.2, 0.25) is 0 Å². The van der Waals surface area contributed by atoms with Crippen LogP contribution in [-0.2, 0) is 11.2 Å². The molecule has 0 aliphatic carbocycles. The van der Waals surface area contributed by atoms with E-state index in [-0.39, 0.29) is 11.6 Å². The van der Waals surface area contributed by atoms with Crippen LogP contribution in [-0.4, -0.2) is 54.9 Å². The van der Waals surface area contributed by atoms with Crippen molar-refractivity contribution in [1.82, 2.24) is 9.80 Å². The van der Waals surface area contributed by atoms with Gasteiger partial charge >= 0.3 is 0 Å². The van der Waals surface area contributed by atoms with Gasteiger partial charge in [0.15, 0.2) is 5.78 Å². The van der Waals surface area contributed by atoms with E-state index in [1.807, 2.05) is 0 Å². The Bertz CT molecular complexity index is 446. The summed E-state index contributed by atoms with van der Waals surface area (Å²) in [5.41, 5.74) is 0.887. The zero-order chi connectivity index (χ0) is 14.5. The third kappa shape index (κ3) is 4.12. The summed E-state index contributed by atoms with van der Waals surface area (Å²) in [6, 6.07) is 6.73. The molecule has 0 radical (unpaired) electrons. The molecule has 4 heteroatoms. The standard InChI is InChI=1S/C16H23FN2O/c1-3-15-11-19(9-8-18(15)2)12-16(20)10-13-4-6-14(17)7-5-13/h4-7,15H,3,8-12H2,1-2H3. The molecular weight excluding hydrogens is 255 g/mol. The molecule has 110 valence electrons. The van der Waals surface area contributed by atoms with E-state index < -0.39 is 0 Å². The second kappa shape index (κ2) is 6.95.